The van der Waals surface area contributed by atoms with Crippen LogP contribution >= 0.6 is 0 Å². The van der Waals surface area contributed by atoms with Crippen LogP contribution in [0.5, 0.6) is 0 Å². The number of carbonyl (C=O) groups excluding carboxylic acids is 2. The summed E-state index contributed by atoms with van der Waals surface area (Å²) in [7, 11) is 0. The van der Waals surface area contributed by atoms with Gasteiger partial charge in [0.05, 0.1) is 6.04 Å². The molecule has 32 heavy (non-hydrogen) atoms. The number of carbonyl (C=O) groups is 4. The Morgan fingerprint density at radius 2 is 1.53 bits per heavy atom. The van der Waals surface area contributed by atoms with Gasteiger partial charge in [0.25, 0.3) is 0 Å². The van der Waals surface area contributed by atoms with Crippen LogP contribution in [0, 0.1) is 5.92 Å². The number of aliphatic carboxylic acids is 2. The van der Waals surface area contributed by atoms with Crippen molar-refractivity contribution in [2.45, 2.75) is 51.2 Å². The molecular formula is C23H29N3O6. The zero-order chi connectivity index (χ0) is 23.8. The van der Waals surface area contributed by atoms with E-state index in [1.165, 1.54) is 0 Å². The van der Waals surface area contributed by atoms with E-state index in [0.717, 1.165) is 16.3 Å². The Balaban J connectivity index is 2.25. The van der Waals surface area contributed by atoms with Gasteiger partial charge in [-0.1, -0.05) is 56.3 Å². The topological polar surface area (TPSA) is 159 Å². The van der Waals surface area contributed by atoms with Crippen molar-refractivity contribution in [1.29, 1.82) is 0 Å². The van der Waals surface area contributed by atoms with Crippen LogP contribution in [0.4, 0.5) is 0 Å². The van der Waals surface area contributed by atoms with Gasteiger partial charge in [0.15, 0.2) is 0 Å². The number of nitrogens with two attached hydrogens (primary N) is 1. The van der Waals surface area contributed by atoms with E-state index in [-0.39, 0.29) is 18.8 Å². The second kappa shape index (κ2) is 11.2. The molecule has 9 nitrogen and oxygen atoms in total. The molecule has 0 spiro atoms. The van der Waals surface area contributed by atoms with Gasteiger partial charge >= 0.3 is 11.9 Å². The van der Waals surface area contributed by atoms with Crippen molar-refractivity contribution >= 4 is 34.5 Å². The van der Waals surface area contributed by atoms with Crippen LogP contribution in [-0.2, 0) is 25.6 Å². The van der Waals surface area contributed by atoms with E-state index in [1.807, 2.05) is 42.5 Å². The van der Waals surface area contributed by atoms with Crippen LogP contribution in [0.15, 0.2) is 42.5 Å². The van der Waals surface area contributed by atoms with Crippen LogP contribution in [0.1, 0.15) is 32.3 Å². The van der Waals surface area contributed by atoms with E-state index in [9.17, 15) is 24.3 Å². The van der Waals surface area contributed by atoms with E-state index in [4.69, 9.17) is 10.8 Å². The summed E-state index contributed by atoms with van der Waals surface area (Å²) in [4.78, 5) is 47.7. The standard InChI is InChI=1S/C23H29N3O6/c1-13(2)20(24)22(30)26-18(21(29)25-17(23(31)32)9-10-19(27)28)12-14-7-8-15-5-3-4-6-16(15)11-14/h3-8,11,13,17-18,20H,9-10,12,24H2,1-2H3,(H,25,29)(H,26,30)(H,27,28)(H,31,32)/t17-,18-,20-/m0/s1. The monoisotopic (exact) mass is 443 g/mol. The minimum atomic E-state index is -1.40. The Kier molecular flexibility index (Phi) is 8.71. The van der Waals surface area contributed by atoms with Gasteiger partial charge in [0, 0.05) is 12.8 Å². The summed E-state index contributed by atoms with van der Waals surface area (Å²) in [6.45, 7) is 3.55. The lowest BCUT2D eigenvalue weighted by molar-refractivity contribution is -0.143. The fourth-order valence-electron chi connectivity index (χ4n) is 3.18. The van der Waals surface area contributed by atoms with Crippen molar-refractivity contribution in [3.05, 3.63) is 48.0 Å². The number of nitrogens with one attached hydrogen (secondary N) is 2. The first-order valence-corrected chi connectivity index (χ1v) is 10.4. The first-order valence-electron chi connectivity index (χ1n) is 10.4. The zero-order valence-corrected chi connectivity index (χ0v) is 18.1. The second-order valence-electron chi connectivity index (χ2n) is 8.05. The smallest absolute Gasteiger partial charge is 0.326 e. The highest BCUT2D eigenvalue weighted by Gasteiger charge is 2.29. The number of hydrogen-bond acceptors (Lipinski definition) is 5. The maximum atomic E-state index is 12.9. The van der Waals surface area contributed by atoms with Crippen molar-refractivity contribution in [2.24, 2.45) is 11.7 Å². The van der Waals surface area contributed by atoms with Crippen molar-refractivity contribution in [3.8, 4) is 0 Å². The highest BCUT2D eigenvalue weighted by atomic mass is 16.4. The summed E-state index contributed by atoms with van der Waals surface area (Å²) >= 11 is 0. The Labute approximate surface area is 186 Å². The molecule has 0 radical (unpaired) electrons. The Bertz CT molecular complexity index is 991. The second-order valence-corrected chi connectivity index (χ2v) is 8.05. The molecule has 0 saturated heterocycles. The van der Waals surface area contributed by atoms with E-state index >= 15 is 0 Å². The molecule has 6 N–H and O–H groups in total. The number of carboxylic acid groups (broad SMARTS) is 2. The highest BCUT2D eigenvalue weighted by molar-refractivity contribution is 5.92. The minimum Gasteiger partial charge on any atom is -0.481 e. The molecule has 0 aliphatic heterocycles. The molecule has 172 valence electrons. The molecule has 3 atom stereocenters. The molecule has 2 rings (SSSR count). The number of hydrogen-bond donors (Lipinski definition) is 5. The first kappa shape index (κ1) is 24.8. The molecule has 0 bridgehead atoms. The van der Waals surface area contributed by atoms with E-state index in [2.05, 4.69) is 10.6 Å². The van der Waals surface area contributed by atoms with E-state index in [0.29, 0.717) is 0 Å². The summed E-state index contributed by atoms with van der Waals surface area (Å²) in [5, 5.41) is 25.1. The normalized spacial score (nSPS) is 13.9. The van der Waals surface area contributed by atoms with Gasteiger partial charge in [-0.2, -0.15) is 0 Å². The summed E-state index contributed by atoms with van der Waals surface area (Å²) in [5.41, 5.74) is 6.67. The van der Waals surface area contributed by atoms with Gasteiger partial charge in [0.2, 0.25) is 11.8 Å². The highest BCUT2D eigenvalue weighted by Crippen LogP contribution is 2.17. The predicted molar refractivity (Wildman–Crippen MR) is 119 cm³/mol. The summed E-state index contributed by atoms with van der Waals surface area (Å²) in [5.74, 6) is -3.94. The number of amides is 2. The molecule has 0 saturated carbocycles. The zero-order valence-electron chi connectivity index (χ0n) is 18.1. The van der Waals surface area contributed by atoms with Crippen LogP contribution in [-0.4, -0.2) is 52.1 Å². The molecular weight excluding hydrogens is 414 g/mol. The molecule has 0 aromatic heterocycles. The lowest BCUT2D eigenvalue weighted by atomic mass is 9.99. The van der Waals surface area contributed by atoms with Crippen molar-refractivity contribution in [3.63, 3.8) is 0 Å². The van der Waals surface area contributed by atoms with Crippen LogP contribution in [0.25, 0.3) is 10.8 Å². The molecule has 0 unspecified atom stereocenters. The Morgan fingerprint density at radius 1 is 0.906 bits per heavy atom. The number of fused-ring (bicyclic) bond motifs is 1. The van der Waals surface area contributed by atoms with Crippen LogP contribution in [0.3, 0.4) is 0 Å². The fraction of sp³-hybridized carbons (Fsp3) is 0.391. The van der Waals surface area contributed by atoms with Crippen molar-refractivity contribution < 1.29 is 29.4 Å². The van der Waals surface area contributed by atoms with Crippen LogP contribution < -0.4 is 16.4 Å². The molecule has 2 aromatic rings. The Hall–Kier alpha value is -3.46. The van der Waals surface area contributed by atoms with E-state index in [1.54, 1.807) is 13.8 Å². The van der Waals surface area contributed by atoms with Gasteiger partial charge in [-0.25, -0.2) is 4.79 Å². The maximum absolute atomic E-state index is 12.9. The van der Waals surface area contributed by atoms with Crippen LogP contribution in [0.2, 0.25) is 0 Å². The predicted octanol–water partition coefficient (Wildman–Crippen LogP) is 1.28. The van der Waals surface area contributed by atoms with Gasteiger partial charge < -0.3 is 26.6 Å². The molecule has 9 heteroatoms. The van der Waals surface area contributed by atoms with E-state index < -0.39 is 48.3 Å². The number of benzene rings is 2. The average Bonchev–Trinajstić information content (AvgIpc) is 2.74. The summed E-state index contributed by atoms with van der Waals surface area (Å²) in [6, 6.07) is 9.97. The molecule has 0 heterocycles. The van der Waals surface area contributed by atoms with Gasteiger partial charge in [-0.3, -0.25) is 14.4 Å². The van der Waals surface area contributed by atoms with Gasteiger partial charge in [-0.15, -0.1) is 0 Å². The summed E-state index contributed by atoms with van der Waals surface area (Å²) in [6.07, 6.45) is -0.589. The average molecular weight is 444 g/mol. The largest absolute Gasteiger partial charge is 0.481 e. The number of carboxylic acids is 2. The maximum Gasteiger partial charge on any atom is 0.326 e. The fourth-order valence-corrected chi connectivity index (χ4v) is 3.18. The third kappa shape index (κ3) is 7.05. The quantitative estimate of drug-likeness (QED) is 0.350. The SMILES string of the molecule is CC(C)[C@H](N)C(=O)N[C@@H](Cc1ccc2ccccc2c1)C(=O)N[C@@H](CCC(=O)O)C(=O)O. The van der Waals surface area contributed by atoms with Gasteiger partial charge in [-0.05, 0) is 28.7 Å². The lowest BCUT2D eigenvalue weighted by Gasteiger charge is -2.24. The molecule has 0 aliphatic rings. The van der Waals surface area contributed by atoms with Gasteiger partial charge in [0.1, 0.15) is 12.1 Å². The van der Waals surface area contributed by atoms with Crippen molar-refractivity contribution in [2.75, 3.05) is 0 Å². The van der Waals surface area contributed by atoms with Crippen molar-refractivity contribution in [1.82, 2.24) is 10.6 Å². The lowest BCUT2D eigenvalue weighted by Crippen LogP contribution is -2.56. The molecule has 0 aliphatic carbocycles. The molecule has 2 aromatic carbocycles. The Morgan fingerprint density at radius 3 is 2.12 bits per heavy atom. The first-order chi connectivity index (χ1) is 15.1. The molecule has 0 fully saturated rings. The third-order valence-corrected chi connectivity index (χ3v) is 5.17. The third-order valence-electron chi connectivity index (χ3n) is 5.17. The summed E-state index contributed by atoms with van der Waals surface area (Å²) < 4.78 is 0. The molecule has 2 amide bonds. The minimum absolute atomic E-state index is 0.110. The number of rotatable bonds is 11.